The van der Waals surface area contributed by atoms with E-state index in [9.17, 15) is 5.11 Å². The van der Waals surface area contributed by atoms with Crippen molar-refractivity contribution in [3.05, 3.63) is 42.1 Å². The van der Waals surface area contributed by atoms with Gasteiger partial charge in [-0.1, -0.05) is 24.3 Å². The summed E-state index contributed by atoms with van der Waals surface area (Å²) in [6, 6.07) is 11.8. The third-order valence-corrected chi connectivity index (χ3v) is 2.79. The SMILES string of the molecule is CC(C)(C)NC[C@H](O)c1ccc2ccccc2n1. The summed E-state index contributed by atoms with van der Waals surface area (Å²) in [6.07, 6.45) is -0.575. The predicted octanol–water partition coefficient (Wildman–Crippen LogP) is 2.66. The summed E-state index contributed by atoms with van der Waals surface area (Å²) in [5, 5.41) is 14.5. The quantitative estimate of drug-likeness (QED) is 0.872. The molecule has 0 unspecified atom stereocenters. The van der Waals surface area contributed by atoms with Crippen LogP contribution in [-0.4, -0.2) is 22.2 Å². The number of benzene rings is 1. The Balaban J connectivity index is 2.15. The van der Waals surface area contributed by atoms with Crippen molar-refractivity contribution in [1.29, 1.82) is 0 Å². The van der Waals surface area contributed by atoms with Gasteiger partial charge in [0, 0.05) is 17.5 Å². The highest BCUT2D eigenvalue weighted by Gasteiger charge is 2.14. The van der Waals surface area contributed by atoms with Crippen molar-refractivity contribution < 1.29 is 5.11 Å². The van der Waals surface area contributed by atoms with Crippen molar-refractivity contribution in [3.8, 4) is 0 Å². The van der Waals surface area contributed by atoms with Gasteiger partial charge in [-0.25, -0.2) is 0 Å². The van der Waals surface area contributed by atoms with Gasteiger partial charge in [-0.15, -0.1) is 0 Å². The molecule has 18 heavy (non-hydrogen) atoms. The average molecular weight is 244 g/mol. The molecule has 0 saturated carbocycles. The number of β-amino-alcohol motifs (C(OH)–C–C–N with tert-alkyl or cyclic N) is 1. The molecule has 2 N–H and O–H groups in total. The Morgan fingerprint density at radius 1 is 1.17 bits per heavy atom. The van der Waals surface area contributed by atoms with E-state index in [4.69, 9.17) is 0 Å². The van der Waals surface area contributed by atoms with E-state index in [0.29, 0.717) is 12.2 Å². The van der Waals surface area contributed by atoms with Gasteiger partial charge in [0.1, 0.15) is 6.10 Å². The highest BCUT2D eigenvalue weighted by molar-refractivity contribution is 5.78. The molecule has 3 heteroatoms. The van der Waals surface area contributed by atoms with Gasteiger partial charge in [-0.2, -0.15) is 0 Å². The lowest BCUT2D eigenvalue weighted by Crippen LogP contribution is -2.38. The summed E-state index contributed by atoms with van der Waals surface area (Å²) < 4.78 is 0. The van der Waals surface area contributed by atoms with Crippen LogP contribution in [0.25, 0.3) is 10.9 Å². The van der Waals surface area contributed by atoms with Crippen LogP contribution < -0.4 is 5.32 Å². The van der Waals surface area contributed by atoms with Crippen molar-refractivity contribution in [1.82, 2.24) is 10.3 Å². The van der Waals surface area contributed by atoms with Crippen LogP contribution in [0.3, 0.4) is 0 Å². The maximum Gasteiger partial charge on any atom is 0.108 e. The number of aliphatic hydroxyl groups excluding tert-OH is 1. The first kappa shape index (κ1) is 13.0. The number of aromatic nitrogens is 1. The highest BCUT2D eigenvalue weighted by Crippen LogP contribution is 2.16. The standard InChI is InChI=1S/C15H20N2O/c1-15(2,3)16-10-14(18)13-9-8-11-6-4-5-7-12(11)17-13/h4-9,14,16,18H,10H2,1-3H3/t14-/m0/s1. The van der Waals surface area contributed by atoms with E-state index >= 15 is 0 Å². The van der Waals surface area contributed by atoms with Crippen LogP contribution in [0, 0.1) is 0 Å². The topological polar surface area (TPSA) is 45.1 Å². The second-order valence-corrected chi connectivity index (χ2v) is 5.58. The van der Waals surface area contributed by atoms with Gasteiger partial charge in [-0.05, 0) is 32.9 Å². The number of hydrogen-bond acceptors (Lipinski definition) is 3. The molecule has 3 nitrogen and oxygen atoms in total. The molecular weight excluding hydrogens is 224 g/mol. The summed E-state index contributed by atoms with van der Waals surface area (Å²) in [4.78, 5) is 4.49. The molecule has 2 rings (SSSR count). The van der Waals surface area contributed by atoms with Crippen LogP contribution in [0.2, 0.25) is 0 Å². The Bertz CT molecular complexity index is 531. The summed E-state index contributed by atoms with van der Waals surface area (Å²) in [6.45, 7) is 6.74. The molecule has 96 valence electrons. The Morgan fingerprint density at radius 3 is 2.61 bits per heavy atom. The van der Waals surface area contributed by atoms with Gasteiger partial charge in [-0.3, -0.25) is 4.98 Å². The van der Waals surface area contributed by atoms with Gasteiger partial charge < -0.3 is 10.4 Å². The Labute approximate surface area is 108 Å². The minimum absolute atomic E-state index is 0.00215. The fourth-order valence-corrected chi connectivity index (χ4v) is 1.77. The number of pyridine rings is 1. The lowest BCUT2D eigenvalue weighted by atomic mass is 10.1. The molecule has 0 bridgehead atoms. The third-order valence-electron chi connectivity index (χ3n) is 2.79. The second kappa shape index (κ2) is 5.04. The van der Waals surface area contributed by atoms with Crippen molar-refractivity contribution in [2.24, 2.45) is 0 Å². The van der Waals surface area contributed by atoms with Gasteiger partial charge in [0.25, 0.3) is 0 Å². The van der Waals surface area contributed by atoms with E-state index in [1.807, 2.05) is 36.4 Å². The van der Waals surface area contributed by atoms with E-state index in [-0.39, 0.29) is 5.54 Å². The number of hydrogen-bond donors (Lipinski definition) is 2. The molecule has 2 aromatic rings. The Kier molecular flexibility index (Phi) is 3.64. The summed E-state index contributed by atoms with van der Waals surface area (Å²) in [7, 11) is 0. The van der Waals surface area contributed by atoms with Crippen molar-refractivity contribution in [3.63, 3.8) is 0 Å². The molecule has 1 atom stereocenters. The first-order valence-electron chi connectivity index (χ1n) is 6.24. The van der Waals surface area contributed by atoms with Crippen LogP contribution >= 0.6 is 0 Å². The molecule has 0 radical (unpaired) electrons. The van der Waals surface area contributed by atoms with E-state index in [1.54, 1.807) is 0 Å². The van der Waals surface area contributed by atoms with Gasteiger partial charge >= 0.3 is 0 Å². The highest BCUT2D eigenvalue weighted by atomic mass is 16.3. The molecule has 0 aliphatic rings. The van der Waals surface area contributed by atoms with Crippen LogP contribution in [0.4, 0.5) is 0 Å². The number of rotatable bonds is 3. The lowest BCUT2D eigenvalue weighted by Gasteiger charge is -2.22. The minimum atomic E-state index is -0.575. The van der Waals surface area contributed by atoms with Crippen LogP contribution in [0.1, 0.15) is 32.6 Å². The van der Waals surface area contributed by atoms with Crippen LogP contribution in [0.15, 0.2) is 36.4 Å². The average Bonchev–Trinajstić information content (AvgIpc) is 2.34. The minimum Gasteiger partial charge on any atom is -0.385 e. The predicted molar refractivity (Wildman–Crippen MR) is 74.5 cm³/mol. The van der Waals surface area contributed by atoms with Crippen LogP contribution in [0.5, 0.6) is 0 Å². The first-order chi connectivity index (χ1) is 8.46. The number of fused-ring (bicyclic) bond motifs is 1. The number of para-hydroxylation sites is 1. The van der Waals surface area contributed by atoms with Gasteiger partial charge in [0.05, 0.1) is 11.2 Å². The summed E-state index contributed by atoms with van der Waals surface area (Å²) >= 11 is 0. The zero-order valence-electron chi connectivity index (χ0n) is 11.1. The van der Waals surface area contributed by atoms with Crippen molar-refractivity contribution in [2.45, 2.75) is 32.4 Å². The van der Waals surface area contributed by atoms with E-state index in [2.05, 4.69) is 31.1 Å². The molecule has 0 fully saturated rings. The number of nitrogens with zero attached hydrogens (tertiary/aromatic N) is 1. The lowest BCUT2D eigenvalue weighted by molar-refractivity contribution is 0.159. The summed E-state index contributed by atoms with van der Waals surface area (Å²) in [5.74, 6) is 0. The van der Waals surface area contributed by atoms with Crippen LogP contribution in [-0.2, 0) is 0 Å². The normalized spacial score (nSPS) is 13.8. The number of aliphatic hydroxyl groups is 1. The molecule has 0 aliphatic carbocycles. The largest absolute Gasteiger partial charge is 0.385 e. The number of nitrogens with one attached hydrogen (secondary N) is 1. The molecule has 0 amide bonds. The third kappa shape index (κ3) is 3.28. The second-order valence-electron chi connectivity index (χ2n) is 5.58. The van der Waals surface area contributed by atoms with Gasteiger partial charge in [0.2, 0.25) is 0 Å². The zero-order valence-corrected chi connectivity index (χ0v) is 11.1. The first-order valence-corrected chi connectivity index (χ1v) is 6.24. The summed E-state index contributed by atoms with van der Waals surface area (Å²) in [5.41, 5.74) is 1.63. The fourth-order valence-electron chi connectivity index (χ4n) is 1.77. The molecule has 0 spiro atoms. The molecule has 0 saturated heterocycles. The molecule has 1 aromatic carbocycles. The van der Waals surface area contributed by atoms with E-state index < -0.39 is 6.10 Å². The monoisotopic (exact) mass is 244 g/mol. The molecule has 1 aromatic heterocycles. The molecule has 0 aliphatic heterocycles. The Hall–Kier alpha value is -1.45. The molecular formula is C15H20N2O. The smallest absolute Gasteiger partial charge is 0.108 e. The zero-order chi connectivity index (χ0) is 13.2. The van der Waals surface area contributed by atoms with Crippen molar-refractivity contribution in [2.75, 3.05) is 6.54 Å². The fraction of sp³-hybridized carbons (Fsp3) is 0.400. The van der Waals surface area contributed by atoms with E-state index in [0.717, 1.165) is 10.9 Å². The van der Waals surface area contributed by atoms with Crippen molar-refractivity contribution >= 4 is 10.9 Å². The maximum atomic E-state index is 10.1. The van der Waals surface area contributed by atoms with E-state index in [1.165, 1.54) is 0 Å². The molecule has 1 heterocycles. The Morgan fingerprint density at radius 2 is 1.89 bits per heavy atom. The van der Waals surface area contributed by atoms with Gasteiger partial charge in [0.15, 0.2) is 0 Å². The maximum absolute atomic E-state index is 10.1.